The first-order chi connectivity index (χ1) is 7.50. The number of aliphatic hydroxyl groups excluding tert-OH is 1. The largest absolute Gasteiger partial charge is 0.387 e. The van der Waals surface area contributed by atoms with E-state index in [-0.39, 0.29) is 5.69 Å². The van der Waals surface area contributed by atoms with Crippen LogP contribution >= 0.6 is 0 Å². The zero-order chi connectivity index (χ0) is 12.1. The van der Waals surface area contributed by atoms with Crippen LogP contribution in [0.4, 0.5) is 5.69 Å². The highest BCUT2D eigenvalue weighted by Crippen LogP contribution is 2.17. The number of rotatable bonds is 5. The minimum atomic E-state index is -0.636. The van der Waals surface area contributed by atoms with E-state index in [0.29, 0.717) is 18.2 Å². The molecule has 0 bridgehead atoms. The first-order valence-electron chi connectivity index (χ1n) is 5.16. The Morgan fingerprint density at radius 2 is 1.94 bits per heavy atom. The van der Waals surface area contributed by atoms with Crippen LogP contribution in [0.25, 0.3) is 0 Å². The fourth-order valence-electron chi connectivity index (χ4n) is 1.28. The van der Waals surface area contributed by atoms with Gasteiger partial charge in [-0.05, 0) is 17.7 Å². The van der Waals surface area contributed by atoms with Gasteiger partial charge in [-0.1, -0.05) is 13.8 Å². The Morgan fingerprint density at radius 3 is 2.38 bits per heavy atom. The van der Waals surface area contributed by atoms with Gasteiger partial charge in [0.1, 0.15) is 0 Å². The molecule has 0 aromatic heterocycles. The van der Waals surface area contributed by atoms with E-state index in [1.165, 1.54) is 12.1 Å². The van der Waals surface area contributed by atoms with Gasteiger partial charge in [0.25, 0.3) is 5.69 Å². The Labute approximate surface area is 94.3 Å². The summed E-state index contributed by atoms with van der Waals surface area (Å²) in [5, 5.41) is 23.3. The molecular weight excluding hydrogens is 208 g/mol. The van der Waals surface area contributed by atoms with Crippen molar-refractivity contribution >= 4 is 5.69 Å². The van der Waals surface area contributed by atoms with Crippen molar-refractivity contribution in [3.8, 4) is 0 Å². The van der Waals surface area contributed by atoms with Crippen molar-refractivity contribution < 1.29 is 10.0 Å². The van der Waals surface area contributed by atoms with Crippen molar-refractivity contribution in [1.29, 1.82) is 0 Å². The molecule has 0 saturated carbocycles. The van der Waals surface area contributed by atoms with Crippen molar-refractivity contribution in [3.05, 3.63) is 39.9 Å². The number of nitrogens with one attached hydrogen (secondary N) is 1. The lowest BCUT2D eigenvalue weighted by Crippen LogP contribution is -2.27. The summed E-state index contributed by atoms with van der Waals surface area (Å²) in [4.78, 5) is 9.97. The maximum Gasteiger partial charge on any atom is 0.269 e. The van der Waals surface area contributed by atoms with E-state index in [0.717, 1.165) is 0 Å². The lowest BCUT2D eigenvalue weighted by atomic mass is 10.1. The highest BCUT2D eigenvalue weighted by atomic mass is 16.6. The maximum atomic E-state index is 10.4. The zero-order valence-corrected chi connectivity index (χ0v) is 9.38. The molecule has 5 heteroatoms. The van der Waals surface area contributed by atoms with Crippen molar-refractivity contribution in [1.82, 2.24) is 5.32 Å². The highest BCUT2D eigenvalue weighted by molar-refractivity contribution is 5.33. The molecule has 0 unspecified atom stereocenters. The predicted molar refractivity (Wildman–Crippen MR) is 61.2 cm³/mol. The third-order valence-electron chi connectivity index (χ3n) is 2.21. The molecule has 0 aliphatic heterocycles. The maximum absolute atomic E-state index is 10.4. The summed E-state index contributed by atoms with van der Waals surface area (Å²) in [6.07, 6.45) is -0.636. The van der Waals surface area contributed by atoms with Gasteiger partial charge in [-0.2, -0.15) is 0 Å². The second kappa shape index (κ2) is 5.58. The number of aliphatic hydroxyl groups is 1. The lowest BCUT2D eigenvalue weighted by molar-refractivity contribution is -0.384. The fraction of sp³-hybridized carbons (Fsp3) is 0.455. The molecular formula is C11H16N2O3. The van der Waals surface area contributed by atoms with Crippen molar-refractivity contribution in [2.75, 3.05) is 6.54 Å². The van der Waals surface area contributed by atoms with E-state index in [2.05, 4.69) is 5.32 Å². The Bertz CT molecular complexity index is 349. The lowest BCUT2D eigenvalue weighted by Gasteiger charge is -2.14. The summed E-state index contributed by atoms with van der Waals surface area (Å²) in [6, 6.07) is 6.24. The zero-order valence-electron chi connectivity index (χ0n) is 9.38. The fourth-order valence-corrected chi connectivity index (χ4v) is 1.28. The number of hydrogen-bond donors (Lipinski definition) is 2. The van der Waals surface area contributed by atoms with Crippen LogP contribution in [0, 0.1) is 10.1 Å². The molecule has 5 nitrogen and oxygen atoms in total. The Balaban J connectivity index is 2.63. The van der Waals surface area contributed by atoms with Crippen molar-refractivity contribution in [2.24, 2.45) is 0 Å². The van der Waals surface area contributed by atoms with Gasteiger partial charge in [0, 0.05) is 24.7 Å². The first-order valence-corrected chi connectivity index (χ1v) is 5.16. The molecule has 0 radical (unpaired) electrons. The van der Waals surface area contributed by atoms with Crippen LogP contribution in [0.3, 0.4) is 0 Å². The van der Waals surface area contributed by atoms with E-state index in [4.69, 9.17) is 0 Å². The third-order valence-corrected chi connectivity index (χ3v) is 2.21. The van der Waals surface area contributed by atoms with E-state index in [9.17, 15) is 15.2 Å². The van der Waals surface area contributed by atoms with Crippen molar-refractivity contribution in [3.63, 3.8) is 0 Å². The number of hydrogen-bond acceptors (Lipinski definition) is 4. The Kier molecular flexibility index (Phi) is 4.39. The van der Waals surface area contributed by atoms with E-state index in [1.807, 2.05) is 13.8 Å². The molecule has 0 spiro atoms. The molecule has 0 aliphatic rings. The van der Waals surface area contributed by atoms with Gasteiger partial charge in [0.05, 0.1) is 11.0 Å². The van der Waals surface area contributed by atoms with Gasteiger partial charge in [-0.25, -0.2) is 0 Å². The normalized spacial score (nSPS) is 12.8. The summed E-state index contributed by atoms with van der Waals surface area (Å²) < 4.78 is 0. The minimum Gasteiger partial charge on any atom is -0.387 e. The molecule has 0 aliphatic carbocycles. The molecule has 0 heterocycles. The van der Waals surface area contributed by atoms with Gasteiger partial charge in [0.15, 0.2) is 0 Å². The van der Waals surface area contributed by atoms with Crippen LogP contribution in [0.1, 0.15) is 25.5 Å². The molecule has 16 heavy (non-hydrogen) atoms. The van der Waals surface area contributed by atoms with Crippen LogP contribution in [0.5, 0.6) is 0 Å². The van der Waals surface area contributed by atoms with E-state index >= 15 is 0 Å². The average molecular weight is 224 g/mol. The van der Waals surface area contributed by atoms with Crippen molar-refractivity contribution in [2.45, 2.75) is 26.0 Å². The predicted octanol–water partition coefficient (Wildman–Crippen LogP) is 1.63. The smallest absolute Gasteiger partial charge is 0.269 e. The summed E-state index contributed by atoms with van der Waals surface area (Å²) in [6.45, 7) is 4.42. The second-order valence-electron chi connectivity index (χ2n) is 3.93. The first kappa shape index (κ1) is 12.6. The summed E-state index contributed by atoms with van der Waals surface area (Å²) in [5.74, 6) is 0. The molecule has 0 saturated heterocycles. The van der Waals surface area contributed by atoms with Crippen LogP contribution in [-0.4, -0.2) is 22.6 Å². The summed E-state index contributed by atoms with van der Waals surface area (Å²) >= 11 is 0. The molecule has 1 rings (SSSR count). The second-order valence-corrected chi connectivity index (χ2v) is 3.93. The number of nitro benzene ring substituents is 1. The summed E-state index contributed by atoms with van der Waals surface area (Å²) in [7, 11) is 0. The molecule has 1 atom stereocenters. The van der Waals surface area contributed by atoms with E-state index < -0.39 is 11.0 Å². The SMILES string of the molecule is CC(C)NC[C@@H](O)c1ccc([N+](=O)[O-])cc1. The highest BCUT2D eigenvalue weighted by Gasteiger charge is 2.10. The summed E-state index contributed by atoms with van der Waals surface area (Å²) in [5.41, 5.74) is 0.714. The molecule has 1 aromatic carbocycles. The van der Waals surface area contributed by atoms with Gasteiger partial charge in [0.2, 0.25) is 0 Å². The average Bonchev–Trinajstić information content (AvgIpc) is 2.26. The minimum absolute atomic E-state index is 0.0350. The van der Waals surface area contributed by atoms with Crippen LogP contribution in [0.2, 0.25) is 0 Å². The van der Waals surface area contributed by atoms with Gasteiger partial charge in [-0.15, -0.1) is 0 Å². The molecule has 0 amide bonds. The molecule has 2 N–H and O–H groups in total. The Hall–Kier alpha value is -1.46. The van der Waals surface area contributed by atoms with E-state index in [1.54, 1.807) is 12.1 Å². The van der Waals surface area contributed by atoms with Crippen LogP contribution in [0.15, 0.2) is 24.3 Å². The number of nitro groups is 1. The monoisotopic (exact) mass is 224 g/mol. The number of benzene rings is 1. The van der Waals surface area contributed by atoms with Crippen LogP contribution < -0.4 is 5.32 Å². The standard InChI is InChI=1S/C11H16N2O3/c1-8(2)12-7-11(14)9-3-5-10(6-4-9)13(15)16/h3-6,8,11-12,14H,7H2,1-2H3/t11-/m1/s1. The quantitative estimate of drug-likeness (QED) is 0.588. The third kappa shape index (κ3) is 3.60. The van der Waals surface area contributed by atoms with Gasteiger partial charge in [-0.3, -0.25) is 10.1 Å². The van der Waals surface area contributed by atoms with Gasteiger partial charge < -0.3 is 10.4 Å². The topological polar surface area (TPSA) is 75.4 Å². The molecule has 0 fully saturated rings. The van der Waals surface area contributed by atoms with Crippen LogP contribution in [-0.2, 0) is 0 Å². The molecule has 1 aromatic rings. The number of non-ortho nitro benzene ring substituents is 1. The van der Waals surface area contributed by atoms with Gasteiger partial charge >= 0.3 is 0 Å². The number of nitrogens with zero attached hydrogens (tertiary/aromatic N) is 1. The molecule has 88 valence electrons. The Morgan fingerprint density at radius 1 is 1.38 bits per heavy atom.